The maximum Gasteiger partial charge on any atom is 0.271 e. The number of nitrogens with one attached hydrogen (secondary N) is 7. The number of anilines is 3. The third-order valence-electron chi connectivity index (χ3n) is 10.2. The van der Waals surface area contributed by atoms with Crippen LogP contribution in [-0.2, 0) is 30.1 Å². The molecule has 366 valence electrons. The van der Waals surface area contributed by atoms with E-state index in [4.69, 9.17) is 74.9 Å². The number of nitrogens with zero attached hydrogens (tertiary/aromatic N) is 3. The van der Waals surface area contributed by atoms with Crippen molar-refractivity contribution in [2.24, 2.45) is 0 Å². The summed E-state index contributed by atoms with van der Waals surface area (Å²) in [4.78, 5) is 11.5. The number of H-pyrrole nitrogens is 4. The number of halogens is 6. The van der Waals surface area contributed by atoms with Crippen LogP contribution in [-0.4, -0.2) is 55.8 Å². The number of sulfonamides is 3. The Morgan fingerprint density at radius 3 is 1.32 bits per heavy atom. The minimum absolute atomic E-state index is 0.0142. The van der Waals surface area contributed by atoms with Gasteiger partial charge >= 0.3 is 0 Å². The molecule has 10 rings (SSSR count). The third-order valence-corrected chi connectivity index (χ3v) is 16.6. The van der Waals surface area contributed by atoms with Gasteiger partial charge in [-0.3, -0.25) is 39.4 Å². The summed E-state index contributed by atoms with van der Waals surface area (Å²) in [6.07, 6.45) is 0. The molecule has 0 radical (unpaired) electrons. The minimum Gasteiger partial charge on any atom is -0.298 e. The van der Waals surface area contributed by atoms with Gasteiger partial charge in [0.25, 0.3) is 35.6 Å². The summed E-state index contributed by atoms with van der Waals surface area (Å²) in [6.45, 7) is 0. The van der Waals surface area contributed by atoms with E-state index < -0.39 is 30.1 Å². The van der Waals surface area contributed by atoms with E-state index in [-0.39, 0.29) is 56.7 Å². The molecule has 3 aromatic heterocycles. The number of hydrogen-bond donors (Lipinski definition) is 7. The van der Waals surface area contributed by atoms with Gasteiger partial charge in [-0.25, -0.2) is 25.3 Å². The van der Waals surface area contributed by atoms with Crippen molar-refractivity contribution in [3.8, 4) is 17.3 Å². The number of hydrogen-bond acceptors (Lipinski definition) is 10. The van der Waals surface area contributed by atoms with E-state index in [2.05, 4.69) is 44.8 Å². The van der Waals surface area contributed by atoms with Gasteiger partial charge in [0, 0.05) is 33.4 Å². The fourth-order valence-electron chi connectivity index (χ4n) is 6.73. The molecule has 0 amide bonds. The molecule has 7 aromatic carbocycles. The first-order chi connectivity index (χ1) is 34.2. The Kier molecular flexibility index (Phi) is 15.1. The lowest BCUT2D eigenvalue weighted by Crippen LogP contribution is -2.13. The van der Waals surface area contributed by atoms with Crippen molar-refractivity contribution in [1.82, 2.24) is 30.6 Å². The minimum atomic E-state index is -3.83. The zero-order chi connectivity index (χ0) is 51.5. The number of fused-ring (bicyclic) bond motifs is 3. The third kappa shape index (κ3) is 11.6. The Morgan fingerprint density at radius 1 is 0.444 bits per heavy atom. The zero-order valence-electron chi connectivity index (χ0n) is 36.0. The molecule has 17 nitrogen and oxygen atoms in total. The van der Waals surface area contributed by atoms with Crippen LogP contribution in [0.25, 0.3) is 44.0 Å². The summed E-state index contributed by atoms with van der Waals surface area (Å²) in [6, 6.07) is 38.3. The van der Waals surface area contributed by atoms with Crippen molar-refractivity contribution in [2.45, 2.75) is 14.7 Å². The lowest BCUT2D eigenvalue weighted by molar-refractivity contribution is 0.599. The van der Waals surface area contributed by atoms with Crippen molar-refractivity contribution in [2.75, 3.05) is 14.2 Å². The van der Waals surface area contributed by atoms with E-state index in [0.29, 0.717) is 38.2 Å². The molecule has 3 heterocycles. The van der Waals surface area contributed by atoms with Crippen molar-refractivity contribution < 1.29 is 25.3 Å². The van der Waals surface area contributed by atoms with E-state index >= 15 is 0 Å². The number of aromatic nitrogens is 6. The second-order valence-corrected chi connectivity index (χ2v) is 22.5. The van der Waals surface area contributed by atoms with Crippen molar-refractivity contribution >= 4 is 149 Å². The molecular formula is C46H30Cl6N10O7S3. The highest BCUT2D eigenvalue weighted by atomic mass is 35.5. The van der Waals surface area contributed by atoms with Gasteiger partial charge in [0.15, 0.2) is 5.69 Å². The van der Waals surface area contributed by atoms with Crippen LogP contribution in [0.4, 0.5) is 17.1 Å². The molecule has 0 aliphatic heterocycles. The molecule has 0 spiro atoms. The first-order valence-corrected chi connectivity index (χ1v) is 27.0. The van der Waals surface area contributed by atoms with E-state index in [1.165, 1.54) is 66.7 Å². The van der Waals surface area contributed by atoms with E-state index in [0.717, 1.165) is 22.2 Å². The van der Waals surface area contributed by atoms with Crippen LogP contribution in [0.15, 0.2) is 159 Å². The molecule has 0 atom stereocenters. The highest BCUT2D eigenvalue weighted by molar-refractivity contribution is 7.93. The van der Waals surface area contributed by atoms with Gasteiger partial charge < -0.3 is 0 Å². The summed E-state index contributed by atoms with van der Waals surface area (Å²) in [5.41, 5.74) is 4.58. The number of nitriles is 1. The predicted molar refractivity (Wildman–Crippen MR) is 283 cm³/mol. The summed E-state index contributed by atoms with van der Waals surface area (Å²) in [7, 11) is -11.5. The Balaban J connectivity index is 0.000000145. The van der Waals surface area contributed by atoms with E-state index in [1.807, 2.05) is 36.4 Å². The van der Waals surface area contributed by atoms with Crippen LogP contribution in [0.2, 0.25) is 30.1 Å². The molecule has 0 unspecified atom stereocenters. The molecule has 0 bridgehead atoms. The zero-order valence-corrected chi connectivity index (χ0v) is 43.0. The maximum atomic E-state index is 12.7. The lowest BCUT2D eigenvalue weighted by Gasteiger charge is -2.09. The largest absolute Gasteiger partial charge is 0.298 e. The van der Waals surface area contributed by atoms with Crippen LogP contribution < -0.4 is 19.7 Å². The number of benzene rings is 7. The standard InChI is InChI=1S/C19H13Cl2N3O2S.C14H8Cl2N4O2S.C13H9Cl2N3O3S/c20-16-8-7-14(11-17(16)21)27(25,26)24-13-6-9-18-15(10-13)19(23-22-18)12-4-2-1-3-5-12;15-11-3-2-9(6-12(11)16)23(21,22)20-8-1-4-13-10(5-8)14(7-17)19-18-13;14-10-3-2-8(6-11(10)15)22(20,21)18-7-1-4-12-9(5-7)13(19)17-16-12/h1-11,24H,(H,22,23);1-6,20H,(H,18,19);1-6,18H,(H2,16,17,19). The van der Waals surface area contributed by atoms with Crippen molar-refractivity contribution in [1.29, 1.82) is 5.26 Å². The fourth-order valence-corrected chi connectivity index (χ4v) is 11.0. The van der Waals surface area contributed by atoms with Crippen LogP contribution in [0.1, 0.15) is 5.69 Å². The summed E-state index contributed by atoms with van der Waals surface area (Å²) in [5.74, 6) is 0. The lowest BCUT2D eigenvalue weighted by atomic mass is 10.1. The van der Waals surface area contributed by atoms with E-state index in [1.54, 1.807) is 42.5 Å². The number of aromatic amines is 4. The highest BCUT2D eigenvalue weighted by Gasteiger charge is 2.20. The second kappa shape index (κ2) is 21.1. The molecule has 7 N–H and O–H groups in total. The average molecular weight is 1140 g/mol. The SMILES string of the molecule is N#Cc1n[nH]c2ccc(NS(=O)(=O)c3ccc(Cl)c(Cl)c3)cc12.O=S(=O)(Nc1ccc2[nH]nc(-c3ccccc3)c2c1)c1ccc(Cl)c(Cl)c1.O=c1[nH][nH]c2ccc(NS(=O)(=O)c3ccc(Cl)c(Cl)c3)cc12. The molecule has 0 saturated carbocycles. The first-order valence-electron chi connectivity index (χ1n) is 20.3. The Bertz CT molecular complexity index is 4170. The molecule has 0 fully saturated rings. The molecule has 0 saturated heterocycles. The van der Waals surface area contributed by atoms with Crippen LogP contribution in [0.5, 0.6) is 0 Å². The molecular weight excluding hydrogens is 1110 g/mol. The van der Waals surface area contributed by atoms with Gasteiger partial charge in [-0.15, -0.1) is 0 Å². The summed E-state index contributed by atoms with van der Waals surface area (Å²) in [5, 5.41) is 30.9. The Morgan fingerprint density at radius 2 is 0.861 bits per heavy atom. The highest BCUT2D eigenvalue weighted by Crippen LogP contribution is 2.32. The quantitative estimate of drug-likeness (QED) is 0.0680. The molecule has 26 heteroatoms. The molecule has 0 aliphatic carbocycles. The molecule has 0 aliphatic rings. The summed E-state index contributed by atoms with van der Waals surface area (Å²) < 4.78 is 82.1. The maximum absolute atomic E-state index is 12.7. The van der Waals surface area contributed by atoms with Crippen molar-refractivity contribution in [3.63, 3.8) is 0 Å². The van der Waals surface area contributed by atoms with Crippen LogP contribution >= 0.6 is 69.6 Å². The van der Waals surface area contributed by atoms with Gasteiger partial charge in [-0.2, -0.15) is 15.5 Å². The normalized spacial score (nSPS) is 11.6. The average Bonchev–Trinajstić information content (AvgIpc) is 4.08. The van der Waals surface area contributed by atoms with Gasteiger partial charge in [-0.1, -0.05) is 99.9 Å². The number of rotatable bonds is 10. The van der Waals surface area contributed by atoms with Gasteiger partial charge in [0.05, 0.1) is 72.5 Å². The molecule has 72 heavy (non-hydrogen) atoms. The topological polar surface area (TPSA) is 268 Å². The van der Waals surface area contributed by atoms with Crippen molar-refractivity contribution in [3.05, 3.63) is 186 Å². The fraction of sp³-hybridized carbons (Fsp3) is 0. The van der Waals surface area contributed by atoms with Crippen LogP contribution in [0.3, 0.4) is 0 Å². The Hall–Kier alpha value is -6.77. The summed E-state index contributed by atoms with van der Waals surface area (Å²) >= 11 is 35.0. The first kappa shape index (κ1) is 51.6. The van der Waals surface area contributed by atoms with Crippen LogP contribution in [0, 0.1) is 11.3 Å². The predicted octanol–water partition coefficient (Wildman–Crippen LogP) is 11.8. The van der Waals surface area contributed by atoms with Gasteiger partial charge in [0.2, 0.25) is 0 Å². The van der Waals surface area contributed by atoms with Gasteiger partial charge in [-0.05, 0) is 109 Å². The Labute approximate surface area is 439 Å². The monoisotopic (exact) mass is 1140 g/mol. The van der Waals surface area contributed by atoms with E-state index in [9.17, 15) is 30.0 Å². The van der Waals surface area contributed by atoms with Gasteiger partial charge in [0.1, 0.15) is 6.07 Å². The second-order valence-electron chi connectivity index (χ2n) is 15.0. The molecule has 10 aromatic rings. The smallest absolute Gasteiger partial charge is 0.271 e.